The second-order valence-corrected chi connectivity index (χ2v) is 12.4. The smallest absolute Gasteiger partial charge is 0.246 e. The van der Waals surface area contributed by atoms with Crippen LogP contribution in [0.25, 0.3) is 0 Å². The van der Waals surface area contributed by atoms with E-state index in [0.717, 1.165) is 19.3 Å². The molecule has 3 heterocycles. The number of rotatable bonds is 4. The third-order valence-electron chi connectivity index (χ3n) is 8.68. The first kappa shape index (κ1) is 25.3. The van der Waals surface area contributed by atoms with E-state index in [2.05, 4.69) is 24.5 Å². The summed E-state index contributed by atoms with van der Waals surface area (Å²) in [6, 6.07) is 6.12. The van der Waals surface area contributed by atoms with Crippen LogP contribution in [0.2, 0.25) is 5.02 Å². The quantitative estimate of drug-likeness (QED) is 0.591. The molecule has 1 aromatic rings. The topological polar surface area (TPSA) is 87.7 Å². The van der Waals surface area contributed by atoms with Crippen LogP contribution < -0.4 is 10.6 Å². The van der Waals surface area contributed by atoms with E-state index in [1.54, 1.807) is 29.2 Å². The summed E-state index contributed by atoms with van der Waals surface area (Å²) in [4.78, 5) is 43.1. The molecule has 0 radical (unpaired) electrons. The number of hydrogen-bond donors (Lipinski definition) is 2. The summed E-state index contributed by atoms with van der Waals surface area (Å²) >= 11 is 6.09. The maximum atomic E-state index is 14.0. The standard InChI is InChI=1S/C28H36ClN3O4/c1-15-8-6-11-19(16(15)2)31-25(34)23-28-13-12-20(36-28)21(22(28)26(35)32(23)27(3,4)5)24(33)30-18-10-7-9-17(29)14-18/h7,9-10,12-16,19-23H,6,8,11H2,1-5H3,(H,30,33)(H,31,34)/t15?,16?,19?,20-,21?,22-,23?,28?/m1/s1. The molecule has 1 aromatic carbocycles. The van der Waals surface area contributed by atoms with Crippen molar-refractivity contribution in [3.8, 4) is 0 Å². The van der Waals surface area contributed by atoms with Gasteiger partial charge in [-0.25, -0.2) is 0 Å². The van der Waals surface area contributed by atoms with E-state index in [9.17, 15) is 14.4 Å². The van der Waals surface area contributed by atoms with Gasteiger partial charge in [0.15, 0.2) is 0 Å². The van der Waals surface area contributed by atoms with Crippen LogP contribution in [0.5, 0.6) is 0 Å². The number of carbonyl (C=O) groups is 3. The highest BCUT2D eigenvalue weighted by atomic mass is 35.5. The molecule has 6 unspecified atom stereocenters. The Balaban J connectivity index is 1.46. The summed E-state index contributed by atoms with van der Waals surface area (Å²) in [5.74, 6) is -1.36. The molecule has 7 nitrogen and oxygen atoms in total. The van der Waals surface area contributed by atoms with Gasteiger partial charge in [0.1, 0.15) is 11.6 Å². The molecule has 3 fully saturated rings. The average Bonchev–Trinajstić information content (AvgIpc) is 3.44. The first-order valence-corrected chi connectivity index (χ1v) is 13.4. The molecule has 1 spiro atoms. The molecule has 5 rings (SSSR count). The average molecular weight is 514 g/mol. The number of likely N-dealkylation sites (tertiary alicyclic amines) is 1. The molecule has 36 heavy (non-hydrogen) atoms. The van der Waals surface area contributed by atoms with Crippen molar-refractivity contribution in [3.63, 3.8) is 0 Å². The molecule has 0 aromatic heterocycles. The third kappa shape index (κ3) is 3.95. The van der Waals surface area contributed by atoms with Crippen molar-refractivity contribution >= 4 is 35.0 Å². The Morgan fingerprint density at radius 2 is 1.92 bits per heavy atom. The van der Waals surface area contributed by atoms with E-state index in [-0.39, 0.29) is 23.8 Å². The molecular weight excluding hydrogens is 478 g/mol. The van der Waals surface area contributed by atoms with Crippen LogP contribution in [-0.2, 0) is 19.1 Å². The lowest BCUT2D eigenvalue weighted by atomic mass is 9.73. The minimum atomic E-state index is -1.17. The number of ether oxygens (including phenoxy) is 1. The molecule has 194 valence electrons. The summed E-state index contributed by atoms with van der Waals surface area (Å²) in [6.45, 7) is 10.2. The molecule has 8 atom stereocenters. The van der Waals surface area contributed by atoms with Crippen molar-refractivity contribution in [3.05, 3.63) is 41.4 Å². The van der Waals surface area contributed by atoms with E-state index in [1.165, 1.54) is 0 Å². The number of nitrogens with one attached hydrogen (secondary N) is 2. The largest absolute Gasteiger partial charge is 0.359 e. The van der Waals surface area contributed by atoms with Gasteiger partial charge in [-0.3, -0.25) is 14.4 Å². The van der Waals surface area contributed by atoms with Crippen LogP contribution in [-0.4, -0.2) is 51.9 Å². The van der Waals surface area contributed by atoms with Crippen molar-refractivity contribution in [2.24, 2.45) is 23.7 Å². The van der Waals surface area contributed by atoms with Gasteiger partial charge in [0.05, 0.1) is 17.9 Å². The Labute approximate surface area is 218 Å². The van der Waals surface area contributed by atoms with Crippen LogP contribution in [0, 0.1) is 23.7 Å². The highest BCUT2D eigenvalue weighted by Gasteiger charge is 2.74. The highest BCUT2D eigenvalue weighted by molar-refractivity contribution is 6.30. The Morgan fingerprint density at radius 3 is 2.61 bits per heavy atom. The van der Waals surface area contributed by atoms with Crippen molar-refractivity contribution in [1.82, 2.24) is 10.2 Å². The lowest BCUT2D eigenvalue weighted by Gasteiger charge is -2.41. The number of anilines is 1. The zero-order chi connectivity index (χ0) is 26.0. The predicted octanol–water partition coefficient (Wildman–Crippen LogP) is 4.17. The third-order valence-corrected chi connectivity index (χ3v) is 8.91. The molecule has 2 bridgehead atoms. The van der Waals surface area contributed by atoms with Gasteiger partial charge in [-0.1, -0.05) is 56.5 Å². The van der Waals surface area contributed by atoms with Crippen LogP contribution in [0.4, 0.5) is 5.69 Å². The van der Waals surface area contributed by atoms with Gasteiger partial charge >= 0.3 is 0 Å². The number of fused-ring (bicyclic) bond motifs is 1. The fourth-order valence-electron chi connectivity index (χ4n) is 6.73. The van der Waals surface area contributed by atoms with Crippen molar-refractivity contribution in [2.75, 3.05) is 5.32 Å². The number of hydrogen-bond acceptors (Lipinski definition) is 4. The fourth-order valence-corrected chi connectivity index (χ4v) is 6.92. The van der Waals surface area contributed by atoms with E-state index in [1.807, 2.05) is 32.9 Å². The molecular formula is C28H36ClN3O4. The predicted molar refractivity (Wildman–Crippen MR) is 138 cm³/mol. The molecule has 8 heteroatoms. The second kappa shape index (κ2) is 8.88. The maximum absolute atomic E-state index is 14.0. The summed E-state index contributed by atoms with van der Waals surface area (Å²) in [6.07, 6.45) is 6.28. The van der Waals surface area contributed by atoms with Crippen LogP contribution in [0.3, 0.4) is 0 Å². The van der Waals surface area contributed by atoms with Gasteiger partial charge < -0.3 is 20.3 Å². The van der Waals surface area contributed by atoms with Crippen molar-refractivity contribution in [2.45, 2.75) is 83.2 Å². The first-order valence-electron chi connectivity index (χ1n) is 13.0. The Kier molecular flexibility index (Phi) is 6.23. The first-order chi connectivity index (χ1) is 16.9. The maximum Gasteiger partial charge on any atom is 0.246 e. The molecule has 2 N–H and O–H groups in total. The Hall–Kier alpha value is -2.38. The Morgan fingerprint density at radius 1 is 1.17 bits per heavy atom. The molecule has 3 aliphatic heterocycles. The SMILES string of the molecule is CC1CCCC(NC(=O)C2N(C(C)(C)C)C(=O)[C@H]3C(C(=O)Nc4cccc(Cl)c4)[C@H]4C=CC23O4)C1C. The Bertz CT molecular complexity index is 1110. The van der Waals surface area contributed by atoms with Gasteiger partial charge in [0.25, 0.3) is 0 Å². The van der Waals surface area contributed by atoms with Gasteiger partial charge in [0.2, 0.25) is 17.7 Å². The van der Waals surface area contributed by atoms with Gasteiger partial charge in [0, 0.05) is 22.3 Å². The summed E-state index contributed by atoms with van der Waals surface area (Å²) in [5.41, 5.74) is -1.24. The molecule has 3 amide bonds. The van der Waals surface area contributed by atoms with Gasteiger partial charge in [-0.05, 0) is 57.2 Å². The number of nitrogens with zero attached hydrogens (tertiary/aromatic N) is 1. The minimum Gasteiger partial charge on any atom is -0.359 e. The molecule has 2 saturated heterocycles. The fraction of sp³-hybridized carbons (Fsp3) is 0.607. The summed E-state index contributed by atoms with van der Waals surface area (Å²) < 4.78 is 6.42. The highest BCUT2D eigenvalue weighted by Crippen LogP contribution is 2.56. The zero-order valence-electron chi connectivity index (χ0n) is 21.6. The minimum absolute atomic E-state index is 0.0538. The van der Waals surface area contributed by atoms with Gasteiger partial charge in [-0.15, -0.1) is 0 Å². The summed E-state index contributed by atoms with van der Waals surface area (Å²) in [7, 11) is 0. The van der Waals surface area contributed by atoms with Crippen LogP contribution in [0.15, 0.2) is 36.4 Å². The number of carbonyl (C=O) groups excluding carboxylic acids is 3. The van der Waals surface area contributed by atoms with Crippen LogP contribution in [0.1, 0.15) is 53.9 Å². The lowest BCUT2D eigenvalue weighted by Crippen LogP contribution is -2.61. The second-order valence-electron chi connectivity index (χ2n) is 12.0. The number of amides is 3. The number of halogens is 1. The van der Waals surface area contributed by atoms with Crippen molar-refractivity contribution in [1.29, 1.82) is 0 Å². The van der Waals surface area contributed by atoms with Gasteiger partial charge in [-0.2, -0.15) is 0 Å². The van der Waals surface area contributed by atoms with Crippen molar-refractivity contribution < 1.29 is 19.1 Å². The van der Waals surface area contributed by atoms with E-state index < -0.39 is 35.1 Å². The summed E-state index contributed by atoms with van der Waals surface area (Å²) in [5, 5.41) is 6.69. The monoisotopic (exact) mass is 513 g/mol. The normalized spacial score (nSPS) is 37.2. The number of benzene rings is 1. The zero-order valence-corrected chi connectivity index (χ0v) is 22.3. The molecule has 1 saturated carbocycles. The molecule has 4 aliphatic rings. The van der Waals surface area contributed by atoms with Crippen LogP contribution >= 0.6 is 11.6 Å². The lowest BCUT2D eigenvalue weighted by molar-refractivity contribution is -0.147. The van der Waals surface area contributed by atoms with E-state index in [0.29, 0.717) is 22.5 Å². The molecule has 1 aliphatic carbocycles. The van der Waals surface area contributed by atoms with E-state index >= 15 is 0 Å². The van der Waals surface area contributed by atoms with E-state index in [4.69, 9.17) is 16.3 Å².